The highest BCUT2D eigenvalue weighted by Crippen LogP contribution is 2.31. The molecule has 1 heterocycles. The fourth-order valence-electron chi connectivity index (χ4n) is 1.64. The third-order valence-corrected chi connectivity index (χ3v) is 2.77. The molecule has 0 aliphatic heterocycles. The number of aromatic nitrogens is 1. The second kappa shape index (κ2) is 5.06. The van der Waals surface area contributed by atoms with Crippen LogP contribution in [0.2, 0.25) is 5.02 Å². The molecule has 2 aromatic rings. The Morgan fingerprint density at radius 1 is 1.39 bits per heavy atom. The Morgan fingerprint density at radius 2 is 2.17 bits per heavy atom. The smallest absolute Gasteiger partial charge is 0.355 e. The highest BCUT2D eigenvalue weighted by atomic mass is 35.5. The molecule has 1 aromatic carbocycles. The second-order valence-electron chi connectivity index (χ2n) is 3.55. The van der Waals surface area contributed by atoms with Gasteiger partial charge in [-0.3, -0.25) is 0 Å². The first-order valence-corrected chi connectivity index (χ1v) is 5.53. The average molecular weight is 264 g/mol. The number of carbonyl (C=O) groups is 1. The Kier molecular flexibility index (Phi) is 3.48. The molecule has 2 rings (SSSR count). The molecule has 0 aliphatic rings. The lowest BCUT2D eigenvalue weighted by molar-refractivity contribution is 0.0691. The van der Waals surface area contributed by atoms with E-state index in [9.17, 15) is 4.79 Å². The molecule has 0 saturated heterocycles. The van der Waals surface area contributed by atoms with Crippen molar-refractivity contribution < 1.29 is 14.6 Å². The predicted molar refractivity (Wildman–Crippen MR) is 68.2 cm³/mol. The lowest BCUT2D eigenvalue weighted by atomic mass is 10.0. The summed E-state index contributed by atoms with van der Waals surface area (Å²) >= 11 is 6.02. The Balaban J connectivity index is 2.55. The van der Waals surface area contributed by atoms with Crippen LogP contribution in [0.5, 0.6) is 5.75 Å². The van der Waals surface area contributed by atoms with E-state index in [1.807, 2.05) is 0 Å². The van der Waals surface area contributed by atoms with Crippen LogP contribution in [0.15, 0.2) is 36.5 Å². The molecule has 0 saturated carbocycles. The predicted octanol–water partition coefficient (Wildman–Crippen LogP) is 3.11. The molecule has 18 heavy (non-hydrogen) atoms. The topological polar surface area (TPSA) is 59.4 Å². The summed E-state index contributed by atoms with van der Waals surface area (Å²) in [6.45, 7) is 0. The van der Waals surface area contributed by atoms with Crippen molar-refractivity contribution in [1.29, 1.82) is 0 Å². The van der Waals surface area contributed by atoms with Crippen LogP contribution in [0.4, 0.5) is 0 Å². The van der Waals surface area contributed by atoms with Crippen molar-refractivity contribution in [2.24, 2.45) is 0 Å². The van der Waals surface area contributed by atoms with Gasteiger partial charge in [0.2, 0.25) is 0 Å². The quantitative estimate of drug-likeness (QED) is 0.924. The summed E-state index contributed by atoms with van der Waals surface area (Å²) in [6.07, 6.45) is 1.44. The maximum Gasteiger partial charge on any atom is 0.355 e. The molecule has 0 fully saturated rings. The molecular formula is C13H10ClNO3. The molecule has 1 aromatic heterocycles. The number of nitrogens with zero attached hydrogens (tertiary/aromatic N) is 1. The van der Waals surface area contributed by atoms with Crippen molar-refractivity contribution in [2.75, 3.05) is 7.11 Å². The van der Waals surface area contributed by atoms with Gasteiger partial charge in [0, 0.05) is 11.8 Å². The normalized spacial score (nSPS) is 10.1. The summed E-state index contributed by atoms with van der Waals surface area (Å²) in [5.74, 6) is -0.529. The van der Waals surface area contributed by atoms with Crippen molar-refractivity contribution in [2.45, 2.75) is 0 Å². The minimum Gasteiger partial charge on any atom is -0.495 e. The summed E-state index contributed by atoms with van der Waals surface area (Å²) in [5, 5.41) is 9.50. The van der Waals surface area contributed by atoms with Crippen molar-refractivity contribution in [3.05, 3.63) is 47.2 Å². The molecule has 0 amide bonds. The number of hydrogen-bond donors (Lipinski definition) is 1. The summed E-state index contributed by atoms with van der Waals surface area (Å²) in [7, 11) is 1.52. The highest BCUT2D eigenvalue weighted by molar-refractivity contribution is 6.32. The number of hydrogen-bond acceptors (Lipinski definition) is 3. The fourth-order valence-corrected chi connectivity index (χ4v) is 1.90. The van der Waals surface area contributed by atoms with E-state index in [1.165, 1.54) is 13.3 Å². The average Bonchev–Trinajstić information content (AvgIpc) is 2.38. The molecule has 4 nitrogen and oxygen atoms in total. The third-order valence-electron chi connectivity index (χ3n) is 2.47. The molecule has 5 heteroatoms. The van der Waals surface area contributed by atoms with Gasteiger partial charge in [-0.2, -0.15) is 0 Å². The summed E-state index contributed by atoms with van der Waals surface area (Å²) in [4.78, 5) is 14.9. The first-order chi connectivity index (χ1) is 8.63. The summed E-state index contributed by atoms with van der Waals surface area (Å²) < 4.78 is 5.05. The van der Waals surface area contributed by atoms with E-state index in [2.05, 4.69) is 4.98 Å². The Labute approximate surface area is 109 Å². The first-order valence-electron chi connectivity index (χ1n) is 5.15. The van der Waals surface area contributed by atoms with Crippen molar-refractivity contribution in [1.82, 2.24) is 4.98 Å². The zero-order valence-corrected chi connectivity index (χ0v) is 10.3. The van der Waals surface area contributed by atoms with E-state index in [0.29, 0.717) is 21.9 Å². The number of aromatic carboxylic acids is 1. The molecular weight excluding hydrogens is 254 g/mol. The summed E-state index contributed by atoms with van der Waals surface area (Å²) in [5.41, 5.74) is 1.21. The van der Waals surface area contributed by atoms with Gasteiger partial charge in [0.1, 0.15) is 5.75 Å². The number of carboxylic acids is 1. The monoisotopic (exact) mass is 263 g/mol. The zero-order valence-electron chi connectivity index (χ0n) is 9.55. The molecule has 0 unspecified atom stereocenters. The number of ether oxygens (including phenoxy) is 1. The maximum absolute atomic E-state index is 11.1. The number of rotatable bonds is 3. The Hall–Kier alpha value is -2.07. The minimum atomic E-state index is -1.07. The van der Waals surface area contributed by atoms with Gasteiger partial charge in [0.05, 0.1) is 12.1 Å². The van der Waals surface area contributed by atoms with E-state index in [4.69, 9.17) is 21.4 Å². The van der Waals surface area contributed by atoms with Gasteiger partial charge < -0.3 is 9.84 Å². The van der Waals surface area contributed by atoms with Crippen molar-refractivity contribution in [3.63, 3.8) is 0 Å². The lowest BCUT2D eigenvalue weighted by Crippen LogP contribution is -2.02. The van der Waals surface area contributed by atoms with Crippen LogP contribution in [0.3, 0.4) is 0 Å². The molecule has 0 spiro atoms. The van der Waals surface area contributed by atoms with E-state index >= 15 is 0 Å². The van der Waals surface area contributed by atoms with E-state index in [-0.39, 0.29) is 5.69 Å². The number of pyridine rings is 1. The minimum absolute atomic E-state index is 0.00117. The van der Waals surface area contributed by atoms with Gasteiger partial charge >= 0.3 is 5.97 Å². The van der Waals surface area contributed by atoms with E-state index < -0.39 is 5.97 Å². The first kappa shape index (κ1) is 12.4. The number of methoxy groups -OCH3 is 1. The largest absolute Gasteiger partial charge is 0.495 e. The van der Waals surface area contributed by atoms with Gasteiger partial charge in [-0.15, -0.1) is 0 Å². The van der Waals surface area contributed by atoms with Gasteiger partial charge in [0.15, 0.2) is 5.69 Å². The van der Waals surface area contributed by atoms with Crippen molar-refractivity contribution in [3.8, 4) is 16.9 Å². The van der Waals surface area contributed by atoms with Crippen LogP contribution in [0.25, 0.3) is 11.1 Å². The second-order valence-corrected chi connectivity index (χ2v) is 3.96. The van der Waals surface area contributed by atoms with Crippen LogP contribution in [0.1, 0.15) is 10.5 Å². The van der Waals surface area contributed by atoms with Crippen LogP contribution in [-0.4, -0.2) is 23.2 Å². The molecule has 0 aliphatic carbocycles. The Morgan fingerprint density at radius 3 is 2.78 bits per heavy atom. The fraction of sp³-hybridized carbons (Fsp3) is 0.0769. The number of benzene rings is 1. The van der Waals surface area contributed by atoms with E-state index in [0.717, 1.165) is 0 Å². The van der Waals surface area contributed by atoms with Crippen LogP contribution in [-0.2, 0) is 0 Å². The zero-order chi connectivity index (χ0) is 13.1. The maximum atomic E-state index is 11.1. The SMILES string of the molecule is COc1ccc(-c2cccnc2C(=O)O)cc1Cl. The van der Waals surface area contributed by atoms with Crippen LogP contribution >= 0.6 is 11.6 Å². The summed E-state index contributed by atoms with van der Waals surface area (Å²) in [6, 6.07) is 8.46. The lowest BCUT2D eigenvalue weighted by Gasteiger charge is -2.08. The van der Waals surface area contributed by atoms with Gasteiger partial charge in [0.25, 0.3) is 0 Å². The third kappa shape index (κ3) is 2.28. The van der Waals surface area contributed by atoms with Crippen LogP contribution < -0.4 is 4.74 Å². The standard InChI is InChI=1S/C13H10ClNO3/c1-18-11-5-4-8(7-10(11)14)9-3-2-6-15-12(9)13(16)17/h2-7H,1H3,(H,16,17). The Bertz CT molecular complexity index is 599. The van der Waals surface area contributed by atoms with Gasteiger partial charge in [-0.05, 0) is 23.8 Å². The molecule has 92 valence electrons. The molecule has 0 radical (unpaired) electrons. The highest BCUT2D eigenvalue weighted by Gasteiger charge is 2.13. The molecule has 0 atom stereocenters. The molecule has 1 N–H and O–H groups in total. The van der Waals surface area contributed by atoms with Gasteiger partial charge in [-0.25, -0.2) is 9.78 Å². The van der Waals surface area contributed by atoms with E-state index in [1.54, 1.807) is 30.3 Å². The number of halogens is 1. The van der Waals surface area contributed by atoms with Gasteiger partial charge in [-0.1, -0.05) is 23.7 Å². The van der Waals surface area contributed by atoms with Crippen molar-refractivity contribution >= 4 is 17.6 Å². The van der Waals surface area contributed by atoms with Crippen LogP contribution in [0, 0.1) is 0 Å². The molecule has 0 bridgehead atoms. The number of carboxylic acid groups (broad SMARTS) is 1.